The third-order valence-electron chi connectivity index (χ3n) is 2.34. The summed E-state index contributed by atoms with van der Waals surface area (Å²) in [6.45, 7) is 4.05. The van der Waals surface area contributed by atoms with Crippen LogP contribution in [-0.2, 0) is 11.2 Å². The van der Waals surface area contributed by atoms with Crippen molar-refractivity contribution < 1.29 is 9.59 Å². The van der Waals surface area contributed by atoms with E-state index in [0.29, 0.717) is 18.7 Å². The summed E-state index contributed by atoms with van der Waals surface area (Å²) in [4.78, 5) is 28.7. The first kappa shape index (κ1) is 14.6. The molecule has 0 aromatic carbocycles. The maximum Gasteiger partial charge on any atom is 0.274 e. The number of nitrogens with two attached hydrogens (primary N) is 2. The van der Waals surface area contributed by atoms with Crippen molar-refractivity contribution in [2.45, 2.75) is 26.3 Å². The smallest absolute Gasteiger partial charge is 0.274 e. The zero-order chi connectivity index (χ0) is 13.7. The van der Waals surface area contributed by atoms with Crippen molar-refractivity contribution in [1.82, 2.24) is 9.88 Å². The molecule has 0 bridgehead atoms. The Hall–Kier alpha value is -1.47. The van der Waals surface area contributed by atoms with Gasteiger partial charge in [0.1, 0.15) is 5.69 Å². The Balaban J connectivity index is 2.84. The number of hydrogen-bond donors (Lipinski definition) is 2. The Morgan fingerprint density at radius 1 is 1.50 bits per heavy atom. The van der Waals surface area contributed by atoms with E-state index < -0.39 is 5.91 Å². The van der Waals surface area contributed by atoms with E-state index in [2.05, 4.69) is 4.98 Å². The lowest BCUT2D eigenvalue weighted by Crippen LogP contribution is -2.42. The number of rotatable bonds is 6. The van der Waals surface area contributed by atoms with Crippen LogP contribution in [0.5, 0.6) is 0 Å². The Kier molecular flexibility index (Phi) is 5.24. The monoisotopic (exact) mass is 270 g/mol. The van der Waals surface area contributed by atoms with E-state index in [1.165, 1.54) is 16.2 Å². The lowest BCUT2D eigenvalue weighted by Gasteiger charge is -2.24. The third kappa shape index (κ3) is 3.78. The Labute approximate surface area is 110 Å². The normalized spacial score (nSPS) is 10.7. The first-order valence-corrected chi connectivity index (χ1v) is 6.57. The number of hydrogen-bond acceptors (Lipinski definition) is 5. The maximum atomic E-state index is 12.2. The van der Waals surface area contributed by atoms with Crippen LogP contribution in [0.25, 0.3) is 0 Å². The number of thiazole rings is 1. The van der Waals surface area contributed by atoms with Crippen LogP contribution in [0.3, 0.4) is 0 Å². The van der Waals surface area contributed by atoms with Gasteiger partial charge >= 0.3 is 0 Å². The van der Waals surface area contributed by atoms with Gasteiger partial charge in [0.2, 0.25) is 5.91 Å². The Morgan fingerprint density at radius 3 is 2.67 bits per heavy atom. The summed E-state index contributed by atoms with van der Waals surface area (Å²) in [6.07, 6.45) is 0.648. The topological polar surface area (TPSA) is 102 Å². The molecule has 0 aliphatic rings. The van der Waals surface area contributed by atoms with Crippen LogP contribution >= 0.6 is 11.3 Å². The van der Waals surface area contributed by atoms with Gasteiger partial charge in [0.05, 0.1) is 11.6 Å². The molecule has 4 N–H and O–H groups in total. The van der Waals surface area contributed by atoms with Crippen molar-refractivity contribution in [2.24, 2.45) is 11.5 Å². The number of primary amides is 1. The second-order valence-corrected chi connectivity index (χ2v) is 5.10. The van der Waals surface area contributed by atoms with Gasteiger partial charge in [0.15, 0.2) is 0 Å². The molecule has 0 spiro atoms. The van der Waals surface area contributed by atoms with Crippen molar-refractivity contribution in [2.75, 3.05) is 13.1 Å². The zero-order valence-corrected chi connectivity index (χ0v) is 11.4. The van der Waals surface area contributed by atoms with Gasteiger partial charge in [-0.15, -0.1) is 11.3 Å². The second kappa shape index (κ2) is 6.46. The predicted octanol–water partition coefficient (Wildman–Crippen LogP) is -0.0198. The largest absolute Gasteiger partial charge is 0.368 e. The second-order valence-electron chi connectivity index (χ2n) is 4.16. The molecular formula is C11H18N4O2S. The predicted molar refractivity (Wildman–Crippen MR) is 70.2 cm³/mol. The van der Waals surface area contributed by atoms with Crippen LogP contribution in [0.15, 0.2) is 5.38 Å². The number of aromatic nitrogens is 1. The molecule has 1 aromatic rings. The van der Waals surface area contributed by atoms with Gasteiger partial charge < -0.3 is 16.4 Å². The van der Waals surface area contributed by atoms with Crippen molar-refractivity contribution in [3.63, 3.8) is 0 Å². The third-order valence-corrected chi connectivity index (χ3v) is 3.25. The number of nitrogens with zero attached hydrogens (tertiary/aromatic N) is 2. The molecule has 1 rings (SSSR count). The molecule has 1 aromatic heterocycles. The average Bonchev–Trinajstić information content (AvgIpc) is 2.73. The molecule has 7 heteroatoms. The molecule has 0 atom stereocenters. The minimum Gasteiger partial charge on any atom is -0.368 e. The fraction of sp³-hybridized carbons (Fsp3) is 0.545. The molecule has 0 unspecified atom stereocenters. The van der Waals surface area contributed by atoms with Crippen LogP contribution in [-0.4, -0.2) is 40.8 Å². The van der Waals surface area contributed by atoms with Crippen LogP contribution in [0.4, 0.5) is 0 Å². The van der Waals surface area contributed by atoms with Gasteiger partial charge in [0.25, 0.3) is 5.91 Å². The summed E-state index contributed by atoms with van der Waals surface area (Å²) in [6, 6.07) is -0.107. The number of carbonyl (C=O) groups excluding carboxylic acids is 2. The van der Waals surface area contributed by atoms with Crippen LogP contribution in [0.2, 0.25) is 0 Å². The zero-order valence-electron chi connectivity index (χ0n) is 10.5. The highest BCUT2D eigenvalue weighted by Gasteiger charge is 2.22. The Morgan fingerprint density at radius 2 is 2.17 bits per heavy atom. The molecule has 6 nitrogen and oxygen atoms in total. The van der Waals surface area contributed by atoms with Crippen LogP contribution in [0.1, 0.15) is 29.3 Å². The summed E-state index contributed by atoms with van der Waals surface area (Å²) < 4.78 is 0. The van der Waals surface area contributed by atoms with E-state index in [1.807, 2.05) is 13.8 Å². The van der Waals surface area contributed by atoms with Gasteiger partial charge in [-0.3, -0.25) is 9.59 Å². The van der Waals surface area contributed by atoms with Crippen molar-refractivity contribution in [1.29, 1.82) is 0 Å². The highest BCUT2D eigenvalue weighted by Crippen LogP contribution is 2.13. The summed E-state index contributed by atoms with van der Waals surface area (Å²) in [5.41, 5.74) is 10.9. The van der Waals surface area contributed by atoms with Crippen molar-refractivity contribution >= 4 is 23.2 Å². The van der Waals surface area contributed by atoms with Gasteiger partial charge in [0, 0.05) is 17.8 Å². The fourth-order valence-corrected chi connectivity index (χ4v) is 2.24. The quantitative estimate of drug-likeness (QED) is 0.758. The van der Waals surface area contributed by atoms with E-state index in [-0.39, 0.29) is 18.5 Å². The molecule has 18 heavy (non-hydrogen) atoms. The van der Waals surface area contributed by atoms with E-state index in [9.17, 15) is 9.59 Å². The number of amides is 2. The summed E-state index contributed by atoms with van der Waals surface area (Å²) in [5.74, 6) is -0.808. The SMILES string of the molecule is CC(C)N(CC(N)=O)C(=O)c1csc(CCN)n1. The lowest BCUT2D eigenvalue weighted by molar-refractivity contribution is -0.119. The molecule has 0 aliphatic heterocycles. The van der Waals surface area contributed by atoms with Crippen molar-refractivity contribution in [3.05, 3.63) is 16.1 Å². The van der Waals surface area contributed by atoms with E-state index in [4.69, 9.17) is 11.5 Å². The molecule has 1 heterocycles. The van der Waals surface area contributed by atoms with E-state index in [0.717, 1.165) is 5.01 Å². The molecule has 0 saturated carbocycles. The minimum absolute atomic E-state index is 0.0970. The van der Waals surface area contributed by atoms with Gasteiger partial charge in [-0.1, -0.05) is 0 Å². The Bertz CT molecular complexity index is 430. The summed E-state index contributed by atoms with van der Waals surface area (Å²) in [5, 5.41) is 2.51. The lowest BCUT2D eigenvalue weighted by atomic mass is 10.2. The van der Waals surface area contributed by atoms with Crippen LogP contribution < -0.4 is 11.5 Å². The first-order chi connectivity index (χ1) is 8.45. The maximum absolute atomic E-state index is 12.2. The fourth-order valence-electron chi connectivity index (χ4n) is 1.45. The van der Waals surface area contributed by atoms with Crippen LogP contribution in [0, 0.1) is 0 Å². The molecule has 0 radical (unpaired) electrons. The minimum atomic E-state index is -0.533. The highest BCUT2D eigenvalue weighted by molar-refractivity contribution is 7.09. The average molecular weight is 270 g/mol. The molecular weight excluding hydrogens is 252 g/mol. The van der Waals surface area contributed by atoms with E-state index >= 15 is 0 Å². The van der Waals surface area contributed by atoms with Gasteiger partial charge in [-0.05, 0) is 20.4 Å². The summed E-state index contributed by atoms with van der Waals surface area (Å²) in [7, 11) is 0. The molecule has 0 aliphatic carbocycles. The number of carbonyl (C=O) groups is 2. The van der Waals surface area contributed by atoms with Gasteiger partial charge in [-0.25, -0.2) is 4.98 Å². The molecule has 2 amide bonds. The summed E-state index contributed by atoms with van der Waals surface area (Å²) >= 11 is 1.40. The first-order valence-electron chi connectivity index (χ1n) is 5.69. The molecule has 100 valence electrons. The van der Waals surface area contributed by atoms with Crippen molar-refractivity contribution in [3.8, 4) is 0 Å². The molecule has 0 fully saturated rings. The van der Waals surface area contributed by atoms with Gasteiger partial charge in [-0.2, -0.15) is 0 Å². The van der Waals surface area contributed by atoms with E-state index in [1.54, 1.807) is 5.38 Å². The standard InChI is InChI=1S/C11H18N4O2S/c1-7(2)15(5-9(13)16)11(17)8-6-18-10(14-8)3-4-12/h6-7H,3-5,12H2,1-2H3,(H2,13,16). The molecule has 0 saturated heterocycles. The highest BCUT2D eigenvalue weighted by atomic mass is 32.1.